The summed E-state index contributed by atoms with van der Waals surface area (Å²) in [7, 11) is 0. The van der Waals surface area contributed by atoms with Crippen LogP contribution in [0.1, 0.15) is 10.4 Å². The van der Waals surface area contributed by atoms with E-state index in [0.29, 0.717) is 5.56 Å². The zero-order chi connectivity index (χ0) is 10.6. The van der Waals surface area contributed by atoms with Gasteiger partial charge in [-0.05, 0) is 6.07 Å². The molecule has 0 aliphatic carbocycles. The molecule has 0 atom stereocenters. The number of hydrogen-bond acceptors (Lipinski definition) is 4. The lowest BCUT2D eigenvalue weighted by atomic mass is 10.2. The maximum atomic E-state index is 11.3. The number of anilines is 1. The third-order valence-electron chi connectivity index (χ3n) is 1.53. The lowest BCUT2D eigenvalue weighted by Gasteiger charge is -2.03. The van der Waals surface area contributed by atoms with E-state index in [4.69, 9.17) is 22.4 Å². The van der Waals surface area contributed by atoms with Gasteiger partial charge in [-0.1, -0.05) is 11.6 Å². The first-order chi connectivity index (χ1) is 6.65. The van der Waals surface area contributed by atoms with Crippen LogP contribution in [0, 0.1) is 0 Å². The summed E-state index contributed by atoms with van der Waals surface area (Å²) in [6, 6.07) is 1.43. The van der Waals surface area contributed by atoms with Gasteiger partial charge < -0.3 is 16.2 Å². The summed E-state index contributed by atoms with van der Waals surface area (Å²) >= 11 is 5.68. The van der Waals surface area contributed by atoms with Crippen LogP contribution in [-0.2, 0) is 0 Å². The van der Waals surface area contributed by atoms with Crippen LogP contribution < -0.4 is 11.1 Å². The van der Waals surface area contributed by atoms with E-state index in [0.717, 1.165) is 0 Å². The summed E-state index contributed by atoms with van der Waals surface area (Å²) in [6.45, 7) is 0.0860. The predicted molar refractivity (Wildman–Crippen MR) is 53.1 cm³/mol. The van der Waals surface area contributed by atoms with E-state index in [1.54, 1.807) is 0 Å². The number of pyridine rings is 1. The van der Waals surface area contributed by atoms with Gasteiger partial charge in [-0.15, -0.1) is 0 Å². The van der Waals surface area contributed by atoms with Gasteiger partial charge in [0.1, 0.15) is 5.82 Å². The molecule has 0 fully saturated rings. The Morgan fingerprint density at radius 1 is 1.71 bits per heavy atom. The molecule has 1 amide bonds. The van der Waals surface area contributed by atoms with Crippen molar-refractivity contribution in [2.45, 2.75) is 0 Å². The molecule has 1 rings (SSSR count). The quantitative estimate of drug-likeness (QED) is 0.664. The van der Waals surface area contributed by atoms with Crippen LogP contribution in [0.25, 0.3) is 0 Å². The average molecular weight is 216 g/mol. The van der Waals surface area contributed by atoms with Crippen molar-refractivity contribution in [3.63, 3.8) is 0 Å². The summed E-state index contributed by atoms with van der Waals surface area (Å²) in [6.07, 6.45) is 1.33. The zero-order valence-corrected chi connectivity index (χ0v) is 8.08. The average Bonchev–Trinajstić information content (AvgIpc) is 2.18. The van der Waals surface area contributed by atoms with Crippen molar-refractivity contribution in [3.8, 4) is 0 Å². The fourth-order valence-corrected chi connectivity index (χ4v) is 1.01. The molecule has 5 nitrogen and oxygen atoms in total. The van der Waals surface area contributed by atoms with Gasteiger partial charge in [-0.2, -0.15) is 0 Å². The molecule has 1 aromatic heterocycles. The van der Waals surface area contributed by atoms with Gasteiger partial charge in [0, 0.05) is 12.7 Å². The minimum Gasteiger partial charge on any atom is -0.395 e. The normalized spacial score (nSPS) is 9.86. The zero-order valence-electron chi connectivity index (χ0n) is 7.33. The number of hydrogen-bond donors (Lipinski definition) is 3. The molecule has 0 saturated carbocycles. The number of halogens is 1. The number of aliphatic hydroxyl groups is 1. The second-order valence-electron chi connectivity index (χ2n) is 2.57. The fraction of sp³-hybridized carbons (Fsp3) is 0.250. The van der Waals surface area contributed by atoms with Crippen molar-refractivity contribution in [3.05, 3.63) is 22.8 Å². The van der Waals surface area contributed by atoms with Crippen molar-refractivity contribution in [1.82, 2.24) is 10.3 Å². The summed E-state index contributed by atoms with van der Waals surface area (Å²) in [5.41, 5.74) is 5.69. The van der Waals surface area contributed by atoms with Crippen molar-refractivity contribution in [2.24, 2.45) is 0 Å². The SMILES string of the molecule is Nc1ncc(C(=O)NCCO)cc1Cl. The first-order valence-electron chi connectivity index (χ1n) is 3.95. The summed E-state index contributed by atoms with van der Waals surface area (Å²) in [4.78, 5) is 15.0. The van der Waals surface area contributed by atoms with Gasteiger partial charge in [0.25, 0.3) is 5.91 Å². The lowest BCUT2D eigenvalue weighted by Crippen LogP contribution is -2.26. The molecule has 4 N–H and O–H groups in total. The number of aliphatic hydroxyl groups excluding tert-OH is 1. The summed E-state index contributed by atoms with van der Waals surface area (Å²) in [5, 5.41) is 11.2. The number of nitrogen functional groups attached to an aromatic ring is 1. The highest BCUT2D eigenvalue weighted by molar-refractivity contribution is 6.33. The first-order valence-corrected chi connectivity index (χ1v) is 4.33. The number of nitrogens with two attached hydrogens (primary N) is 1. The Balaban J connectivity index is 2.76. The van der Waals surface area contributed by atoms with Crippen molar-refractivity contribution in [2.75, 3.05) is 18.9 Å². The molecule has 14 heavy (non-hydrogen) atoms. The molecule has 1 heterocycles. The van der Waals surface area contributed by atoms with Gasteiger partial charge >= 0.3 is 0 Å². The van der Waals surface area contributed by atoms with E-state index >= 15 is 0 Å². The molecular formula is C8H10ClN3O2. The Morgan fingerprint density at radius 2 is 2.43 bits per heavy atom. The number of amides is 1. The van der Waals surface area contributed by atoms with Crippen LogP contribution >= 0.6 is 11.6 Å². The van der Waals surface area contributed by atoms with E-state index in [9.17, 15) is 4.79 Å². The molecule has 0 aliphatic rings. The Bertz CT molecular complexity index is 343. The number of rotatable bonds is 3. The van der Waals surface area contributed by atoms with Crippen LogP contribution in [0.15, 0.2) is 12.3 Å². The molecule has 76 valence electrons. The maximum Gasteiger partial charge on any atom is 0.252 e. The highest BCUT2D eigenvalue weighted by atomic mass is 35.5. The van der Waals surface area contributed by atoms with Crippen molar-refractivity contribution in [1.29, 1.82) is 0 Å². The van der Waals surface area contributed by atoms with E-state index in [1.807, 2.05) is 0 Å². The molecule has 0 unspecified atom stereocenters. The van der Waals surface area contributed by atoms with Gasteiger partial charge in [0.05, 0.1) is 17.2 Å². The molecule has 0 bridgehead atoms. The Hall–Kier alpha value is -1.33. The van der Waals surface area contributed by atoms with E-state index < -0.39 is 0 Å². The molecule has 0 aromatic carbocycles. The van der Waals surface area contributed by atoms with E-state index in [-0.39, 0.29) is 29.9 Å². The van der Waals surface area contributed by atoms with Crippen LogP contribution in [0.4, 0.5) is 5.82 Å². The number of carbonyl (C=O) groups excluding carboxylic acids is 1. The van der Waals surface area contributed by atoms with Crippen LogP contribution in [0.2, 0.25) is 5.02 Å². The lowest BCUT2D eigenvalue weighted by molar-refractivity contribution is 0.0944. The Kier molecular flexibility index (Phi) is 3.67. The Morgan fingerprint density at radius 3 is 3.00 bits per heavy atom. The number of nitrogens with zero attached hydrogens (tertiary/aromatic N) is 1. The second-order valence-corrected chi connectivity index (χ2v) is 2.98. The van der Waals surface area contributed by atoms with Gasteiger partial charge in [0.15, 0.2) is 0 Å². The van der Waals surface area contributed by atoms with Gasteiger partial charge in [-0.25, -0.2) is 4.98 Å². The first kappa shape index (κ1) is 10.7. The molecule has 0 radical (unpaired) electrons. The monoisotopic (exact) mass is 215 g/mol. The molecule has 6 heteroatoms. The third kappa shape index (κ3) is 2.58. The van der Waals surface area contributed by atoms with Crippen LogP contribution in [-0.4, -0.2) is 29.1 Å². The highest BCUT2D eigenvalue weighted by Crippen LogP contribution is 2.16. The minimum atomic E-state index is -0.339. The fourth-order valence-electron chi connectivity index (χ4n) is 0.844. The minimum absolute atomic E-state index is 0.109. The molecule has 1 aromatic rings. The third-order valence-corrected chi connectivity index (χ3v) is 1.83. The van der Waals surface area contributed by atoms with Crippen LogP contribution in [0.3, 0.4) is 0 Å². The van der Waals surface area contributed by atoms with E-state index in [2.05, 4.69) is 10.3 Å². The van der Waals surface area contributed by atoms with Gasteiger partial charge in [-0.3, -0.25) is 4.79 Å². The van der Waals surface area contributed by atoms with Crippen LogP contribution in [0.5, 0.6) is 0 Å². The largest absolute Gasteiger partial charge is 0.395 e. The maximum absolute atomic E-state index is 11.3. The summed E-state index contributed by atoms with van der Waals surface area (Å²) in [5.74, 6) is -0.154. The van der Waals surface area contributed by atoms with Crippen molar-refractivity contribution < 1.29 is 9.90 Å². The second kappa shape index (κ2) is 4.78. The predicted octanol–water partition coefficient (Wildman–Crippen LogP) is 0.0393. The number of nitrogens with one attached hydrogen (secondary N) is 1. The molecule has 0 aliphatic heterocycles. The van der Waals surface area contributed by atoms with E-state index in [1.165, 1.54) is 12.3 Å². The standard InChI is InChI=1S/C8H10ClN3O2/c9-6-3-5(4-12-7(6)10)8(14)11-1-2-13/h3-4,13H,1-2H2,(H2,10,12)(H,11,14). The topological polar surface area (TPSA) is 88.2 Å². The summed E-state index contributed by atoms with van der Waals surface area (Å²) < 4.78 is 0. The Labute approximate surface area is 85.9 Å². The number of aromatic nitrogens is 1. The molecular weight excluding hydrogens is 206 g/mol. The highest BCUT2D eigenvalue weighted by Gasteiger charge is 2.07. The molecule has 0 saturated heterocycles. The van der Waals surface area contributed by atoms with Gasteiger partial charge in [0.2, 0.25) is 0 Å². The van der Waals surface area contributed by atoms with Crippen molar-refractivity contribution >= 4 is 23.3 Å². The molecule has 0 spiro atoms. The smallest absolute Gasteiger partial charge is 0.252 e. The number of carbonyl (C=O) groups is 1.